The SMILES string of the molecule is COCCNS(=O)(=O)c1ccc(NC(=O)C2CCN(c3nc(C)cc(C)n3)CC2)cc1. The number of aromatic nitrogens is 2. The van der Waals surface area contributed by atoms with Crippen LogP contribution in [0.4, 0.5) is 11.6 Å². The number of amides is 1. The van der Waals surface area contributed by atoms with Crippen molar-refractivity contribution in [2.75, 3.05) is 43.6 Å². The van der Waals surface area contributed by atoms with Gasteiger partial charge in [0.05, 0.1) is 11.5 Å². The topological polar surface area (TPSA) is 114 Å². The van der Waals surface area contributed by atoms with E-state index in [1.807, 2.05) is 19.9 Å². The molecule has 31 heavy (non-hydrogen) atoms. The molecule has 0 bridgehead atoms. The molecule has 0 saturated carbocycles. The number of hydrogen-bond acceptors (Lipinski definition) is 7. The lowest BCUT2D eigenvalue weighted by molar-refractivity contribution is -0.120. The quantitative estimate of drug-likeness (QED) is 0.594. The van der Waals surface area contributed by atoms with Gasteiger partial charge in [0.15, 0.2) is 0 Å². The first-order valence-electron chi connectivity index (χ1n) is 10.3. The Balaban J connectivity index is 1.54. The maximum atomic E-state index is 12.7. The Labute approximate surface area is 183 Å². The molecule has 1 aliphatic heterocycles. The van der Waals surface area contributed by atoms with Gasteiger partial charge in [0.25, 0.3) is 0 Å². The minimum Gasteiger partial charge on any atom is -0.383 e. The smallest absolute Gasteiger partial charge is 0.240 e. The summed E-state index contributed by atoms with van der Waals surface area (Å²) in [6.45, 7) is 5.82. The number of anilines is 2. The Hall–Kier alpha value is -2.56. The average Bonchev–Trinajstić information content (AvgIpc) is 2.73. The van der Waals surface area contributed by atoms with Gasteiger partial charge in [0.1, 0.15) is 0 Å². The highest BCUT2D eigenvalue weighted by Gasteiger charge is 2.26. The molecule has 1 saturated heterocycles. The molecule has 0 unspecified atom stereocenters. The third-order valence-electron chi connectivity index (χ3n) is 5.15. The predicted molar refractivity (Wildman–Crippen MR) is 119 cm³/mol. The maximum absolute atomic E-state index is 12.7. The van der Waals surface area contributed by atoms with Crippen LogP contribution in [0.5, 0.6) is 0 Å². The van der Waals surface area contributed by atoms with Crippen molar-refractivity contribution in [3.8, 4) is 0 Å². The fourth-order valence-electron chi connectivity index (χ4n) is 3.51. The highest BCUT2D eigenvalue weighted by atomic mass is 32.2. The number of aryl methyl sites for hydroxylation is 2. The molecular formula is C21H29N5O4S. The number of sulfonamides is 1. The van der Waals surface area contributed by atoms with E-state index in [2.05, 4.69) is 24.9 Å². The Morgan fingerprint density at radius 2 is 1.74 bits per heavy atom. The molecule has 0 aliphatic carbocycles. The Kier molecular flexibility index (Phi) is 7.58. The number of carbonyl (C=O) groups excluding carboxylic acids is 1. The average molecular weight is 448 g/mol. The van der Waals surface area contributed by atoms with E-state index in [0.717, 1.165) is 11.4 Å². The number of benzene rings is 1. The van der Waals surface area contributed by atoms with Gasteiger partial charge in [-0.3, -0.25) is 4.79 Å². The molecule has 1 amide bonds. The van der Waals surface area contributed by atoms with Gasteiger partial charge in [-0.05, 0) is 57.0 Å². The van der Waals surface area contributed by atoms with E-state index in [1.165, 1.54) is 19.2 Å². The molecule has 0 atom stereocenters. The van der Waals surface area contributed by atoms with E-state index in [-0.39, 0.29) is 23.3 Å². The number of hydrogen-bond donors (Lipinski definition) is 2. The summed E-state index contributed by atoms with van der Waals surface area (Å²) in [5.74, 6) is 0.545. The molecule has 9 nitrogen and oxygen atoms in total. The second-order valence-electron chi connectivity index (χ2n) is 7.62. The summed E-state index contributed by atoms with van der Waals surface area (Å²) in [6.07, 6.45) is 1.41. The van der Waals surface area contributed by atoms with Crippen molar-refractivity contribution in [1.29, 1.82) is 0 Å². The summed E-state index contributed by atoms with van der Waals surface area (Å²) in [6, 6.07) is 8.09. The molecule has 2 heterocycles. The van der Waals surface area contributed by atoms with Crippen LogP contribution >= 0.6 is 0 Å². The highest BCUT2D eigenvalue weighted by Crippen LogP contribution is 2.23. The van der Waals surface area contributed by atoms with Gasteiger partial charge >= 0.3 is 0 Å². The Morgan fingerprint density at radius 3 is 2.32 bits per heavy atom. The lowest BCUT2D eigenvalue weighted by atomic mass is 9.96. The fraction of sp³-hybridized carbons (Fsp3) is 0.476. The number of nitrogens with zero attached hydrogens (tertiary/aromatic N) is 3. The predicted octanol–water partition coefficient (Wildman–Crippen LogP) is 1.87. The zero-order valence-electron chi connectivity index (χ0n) is 18.1. The lowest BCUT2D eigenvalue weighted by Gasteiger charge is -2.31. The van der Waals surface area contributed by atoms with Crippen molar-refractivity contribution in [2.45, 2.75) is 31.6 Å². The second-order valence-corrected chi connectivity index (χ2v) is 9.38. The summed E-state index contributed by atoms with van der Waals surface area (Å²) >= 11 is 0. The Bertz CT molecular complexity index is 983. The van der Waals surface area contributed by atoms with Crippen LogP contribution in [0.25, 0.3) is 0 Å². The zero-order valence-corrected chi connectivity index (χ0v) is 18.9. The van der Waals surface area contributed by atoms with Gasteiger partial charge in [-0.15, -0.1) is 0 Å². The van der Waals surface area contributed by atoms with Gasteiger partial charge in [-0.25, -0.2) is 23.1 Å². The van der Waals surface area contributed by atoms with Crippen molar-refractivity contribution >= 4 is 27.6 Å². The van der Waals surface area contributed by atoms with Crippen molar-refractivity contribution in [2.24, 2.45) is 5.92 Å². The molecule has 2 aromatic rings. The summed E-state index contributed by atoms with van der Waals surface area (Å²) in [7, 11) is -2.09. The first-order valence-corrected chi connectivity index (χ1v) is 11.7. The first-order chi connectivity index (χ1) is 14.8. The monoisotopic (exact) mass is 447 g/mol. The largest absolute Gasteiger partial charge is 0.383 e. The number of carbonyl (C=O) groups is 1. The van der Waals surface area contributed by atoms with Crippen LogP contribution in [-0.4, -0.2) is 57.6 Å². The highest BCUT2D eigenvalue weighted by molar-refractivity contribution is 7.89. The van der Waals surface area contributed by atoms with Crippen molar-refractivity contribution in [3.63, 3.8) is 0 Å². The number of methoxy groups -OCH3 is 1. The molecule has 1 aliphatic rings. The molecule has 1 fully saturated rings. The molecule has 10 heteroatoms. The van der Waals surface area contributed by atoms with Crippen LogP contribution < -0.4 is 14.9 Å². The second kappa shape index (κ2) is 10.2. The molecule has 0 spiro atoms. The fourth-order valence-corrected chi connectivity index (χ4v) is 4.53. The van der Waals surface area contributed by atoms with Crippen LogP contribution in [0, 0.1) is 19.8 Å². The van der Waals surface area contributed by atoms with Crippen LogP contribution in [0.2, 0.25) is 0 Å². The van der Waals surface area contributed by atoms with E-state index in [0.29, 0.717) is 44.2 Å². The first kappa shape index (κ1) is 23.1. The van der Waals surface area contributed by atoms with Gasteiger partial charge in [0, 0.05) is 49.7 Å². The number of ether oxygens (including phenoxy) is 1. The van der Waals surface area contributed by atoms with E-state index >= 15 is 0 Å². The zero-order chi connectivity index (χ0) is 22.4. The van der Waals surface area contributed by atoms with E-state index in [1.54, 1.807) is 12.1 Å². The molecule has 168 valence electrons. The van der Waals surface area contributed by atoms with E-state index in [4.69, 9.17) is 4.74 Å². The minimum absolute atomic E-state index is 0.0604. The maximum Gasteiger partial charge on any atom is 0.240 e. The minimum atomic E-state index is -3.60. The van der Waals surface area contributed by atoms with Crippen LogP contribution in [-0.2, 0) is 19.6 Å². The third-order valence-corrected chi connectivity index (χ3v) is 6.63. The molecular weight excluding hydrogens is 418 g/mol. The van der Waals surface area contributed by atoms with Crippen LogP contribution in [0.1, 0.15) is 24.2 Å². The molecule has 3 rings (SSSR count). The lowest BCUT2D eigenvalue weighted by Crippen LogP contribution is -2.39. The standard InChI is InChI=1S/C21H29N5O4S/c1-15-14-16(2)24-21(23-15)26-11-8-17(9-12-26)20(27)25-18-4-6-19(7-5-18)31(28,29)22-10-13-30-3/h4-7,14,17,22H,8-13H2,1-3H3,(H,25,27). The normalized spacial score (nSPS) is 15.1. The Morgan fingerprint density at radius 1 is 1.13 bits per heavy atom. The molecule has 1 aromatic heterocycles. The van der Waals surface area contributed by atoms with Crippen molar-refractivity contribution < 1.29 is 17.9 Å². The van der Waals surface area contributed by atoms with E-state index < -0.39 is 10.0 Å². The van der Waals surface area contributed by atoms with Crippen molar-refractivity contribution in [3.05, 3.63) is 41.7 Å². The number of nitrogens with one attached hydrogen (secondary N) is 2. The van der Waals surface area contributed by atoms with Gasteiger partial charge in [-0.2, -0.15) is 0 Å². The van der Waals surface area contributed by atoms with Gasteiger partial charge in [0.2, 0.25) is 21.9 Å². The molecule has 2 N–H and O–H groups in total. The molecule has 0 radical (unpaired) electrons. The summed E-state index contributed by atoms with van der Waals surface area (Å²) < 4.78 is 31.7. The van der Waals surface area contributed by atoms with E-state index in [9.17, 15) is 13.2 Å². The molecule has 1 aromatic carbocycles. The number of piperidine rings is 1. The summed E-state index contributed by atoms with van der Waals surface area (Å²) in [4.78, 5) is 23.9. The van der Waals surface area contributed by atoms with Crippen LogP contribution in [0.3, 0.4) is 0 Å². The third kappa shape index (κ3) is 6.22. The number of rotatable bonds is 8. The summed E-state index contributed by atoms with van der Waals surface area (Å²) in [5.41, 5.74) is 2.43. The summed E-state index contributed by atoms with van der Waals surface area (Å²) in [5, 5.41) is 2.89. The van der Waals surface area contributed by atoms with Gasteiger partial charge in [-0.1, -0.05) is 0 Å². The van der Waals surface area contributed by atoms with Gasteiger partial charge < -0.3 is 15.0 Å². The van der Waals surface area contributed by atoms with Crippen molar-refractivity contribution in [1.82, 2.24) is 14.7 Å². The van der Waals surface area contributed by atoms with Crippen LogP contribution in [0.15, 0.2) is 35.2 Å².